The van der Waals surface area contributed by atoms with E-state index in [4.69, 9.17) is 0 Å². The molecule has 0 aromatic carbocycles. The summed E-state index contributed by atoms with van der Waals surface area (Å²) in [5, 5.41) is 1.73. The first-order valence-corrected chi connectivity index (χ1v) is 7.40. The number of thioether (sulfide) groups is 1. The number of rotatable bonds is 5. The summed E-state index contributed by atoms with van der Waals surface area (Å²) in [6, 6.07) is 0. The van der Waals surface area contributed by atoms with Gasteiger partial charge in [0.05, 0.1) is 0 Å². The van der Waals surface area contributed by atoms with Gasteiger partial charge in [-0.2, -0.15) is 11.8 Å². The monoisotopic (exact) mass is 229 g/mol. The van der Waals surface area contributed by atoms with Gasteiger partial charge in [-0.3, -0.25) is 0 Å². The van der Waals surface area contributed by atoms with Gasteiger partial charge in [0.25, 0.3) is 0 Å². The molecule has 0 aromatic rings. The lowest BCUT2D eigenvalue weighted by Gasteiger charge is -2.32. The highest BCUT2D eigenvalue weighted by atomic mass is 32.2. The molecule has 0 saturated carbocycles. The van der Waals surface area contributed by atoms with Gasteiger partial charge in [0.1, 0.15) is 0 Å². The molecule has 2 heteroatoms. The Hall–Kier alpha value is 0.310. The lowest BCUT2D eigenvalue weighted by atomic mass is 10.1. The molecule has 1 fully saturated rings. The summed E-state index contributed by atoms with van der Waals surface area (Å²) in [4.78, 5) is 2.65. The molecule has 1 saturated heterocycles. The molecule has 1 nitrogen and oxygen atoms in total. The molecule has 0 aliphatic carbocycles. The Morgan fingerprint density at radius 3 is 2.20 bits per heavy atom. The van der Waals surface area contributed by atoms with Gasteiger partial charge < -0.3 is 4.90 Å². The molecular weight excluding hydrogens is 202 g/mol. The molecule has 0 unspecified atom stereocenters. The number of piperidine rings is 1. The van der Waals surface area contributed by atoms with Crippen molar-refractivity contribution in [2.75, 3.05) is 19.6 Å². The van der Waals surface area contributed by atoms with Crippen LogP contribution in [0.4, 0.5) is 0 Å². The molecule has 90 valence electrons. The van der Waals surface area contributed by atoms with E-state index < -0.39 is 0 Å². The van der Waals surface area contributed by atoms with E-state index in [0.717, 1.165) is 16.4 Å². The first kappa shape index (κ1) is 13.4. The Kier molecular flexibility index (Phi) is 6.06. The lowest BCUT2D eigenvalue weighted by molar-refractivity contribution is 0.221. The largest absolute Gasteiger partial charge is 0.303 e. The van der Waals surface area contributed by atoms with Gasteiger partial charge in [0, 0.05) is 5.25 Å². The minimum Gasteiger partial charge on any atom is -0.303 e. The van der Waals surface area contributed by atoms with E-state index in [1.54, 1.807) is 0 Å². The average molecular weight is 229 g/mol. The van der Waals surface area contributed by atoms with Crippen molar-refractivity contribution >= 4 is 11.8 Å². The molecule has 0 N–H and O–H groups in total. The molecule has 0 aromatic heterocycles. The van der Waals surface area contributed by atoms with Crippen LogP contribution >= 0.6 is 11.8 Å². The topological polar surface area (TPSA) is 3.24 Å². The minimum atomic E-state index is 0.803. The highest BCUT2D eigenvalue weighted by molar-refractivity contribution is 8.00. The van der Waals surface area contributed by atoms with E-state index in [1.807, 2.05) is 0 Å². The second-order valence-electron chi connectivity index (χ2n) is 5.41. The fourth-order valence-corrected chi connectivity index (χ4v) is 3.35. The quantitative estimate of drug-likeness (QED) is 0.708. The van der Waals surface area contributed by atoms with Crippen molar-refractivity contribution in [2.45, 2.75) is 57.5 Å². The second kappa shape index (κ2) is 6.80. The molecule has 0 atom stereocenters. The summed E-state index contributed by atoms with van der Waals surface area (Å²) in [6.45, 7) is 13.2. The predicted octanol–water partition coefficient (Wildman–Crippen LogP) is 3.64. The van der Waals surface area contributed by atoms with Crippen LogP contribution in [0.3, 0.4) is 0 Å². The van der Waals surface area contributed by atoms with Crippen LogP contribution in [0.2, 0.25) is 0 Å². The Balaban J connectivity index is 2.12. The van der Waals surface area contributed by atoms with E-state index in [-0.39, 0.29) is 0 Å². The summed E-state index contributed by atoms with van der Waals surface area (Å²) >= 11 is 2.18. The fourth-order valence-electron chi connectivity index (χ4n) is 2.09. The lowest BCUT2D eigenvalue weighted by Crippen LogP contribution is -2.36. The maximum absolute atomic E-state index is 2.65. The molecular formula is C13H27NS. The smallest absolute Gasteiger partial charge is 0.00739 e. The third kappa shape index (κ3) is 5.82. The van der Waals surface area contributed by atoms with Crippen LogP contribution in [0, 0.1) is 5.92 Å². The van der Waals surface area contributed by atoms with Crippen LogP contribution in [-0.2, 0) is 0 Å². The molecule has 1 aliphatic heterocycles. The van der Waals surface area contributed by atoms with Crippen molar-refractivity contribution in [3.05, 3.63) is 0 Å². The van der Waals surface area contributed by atoms with Gasteiger partial charge in [-0.05, 0) is 50.1 Å². The van der Waals surface area contributed by atoms with Gasteiger partial charge in [0.2, 0.25) is 0 Å². The zero-order valence-electron chi connectivity index (χ0n) is 10.8. The molecule has 0 bridgehead atoms. The zero-order valence-corrected chi connectivity index (χ0v) is 11.6. The van der Waals surface area contributed by atoms with E-state index in [0.29, 0.717) is 0 Å². The highest BCUT2D eigenvalue weighted by Crippen LogP contribution is 2.26. The van der Waals surface area contributed by atoms with Crippen molar-refractivity contribution < 1.29 is 0 Å². The van der Waals surface area contributed by atoms with Gasteiger partial charge in [-0.1, -0.05) is 27.7 Å². The number of likely N-dealkylation sites (tertiary alicyclic amines) is 1. The summed E-state index contributed by atoms with van der Waals surface area (Å²) in [5.74, 6) is 0.854. The van der Waals surface area contributed by atoms with Gasteiger partial charge in [-0.25, -0.2) is 0 Å². The Morgan fingerprint density at radius 2 is 1.73 bits per heavy atom. The zero-order chi connectivity index (χ0) is 11.3. The minimum absolute atomic E-state index is 0.803. The van der Waals surface area contributed by atoms with Crippen LogP contribution < -0.4 is 0 Å². The maximum Gasteiger partial charge on any atom is 0.00739 e. The SMILES string of the molecule is CC(C)CCN1CCC(SC(C)C)CC1. The molecule has 15 heavy (non-hydrogen) atoms. The van der Waals surface area contributed by atoms with Crippen molar-refractivity contribution in [3.8, 4) is 0 Å². The van der Waals surface area contributed by atoms with Crippen LogP contribution in [0.1, 0.15) is 47.0 Å². The molecule has 1 heterocycles. The Labute approximate surface area is 100.0 Å². The highest BCUT2D eigenvalue weighted by Gasteiger charge is 2.19. The Morgan fingerprint density at radius 1 is 1.13 bits per heavy atom. The van der Waals surface area contributed by atoms with Crippen molar-refractivity contribution in [1.82, 2.24) is 4.90 Å². The van der Waals surface area contributed by atoms with E-state index in [1.165, 1.54) is 38.9 Å². The predicted molar refractivity (Wildman–Crippen MR) is 71.6 cm³/mol. The standard InChI is InChI=1S/C13H27NS/c1-11(2)5-8-14-9-6-13(7-10-14)15-12(3)4/h11-13H,5-10H2,1-4H3. The Bertz CT molecular complexity index is 160. The van der Waals surface area contributed by atoms with Gasteiger partial charge in [-0.15, -0.1) is 0 Å². The van der Waals surface area contributed by atoms with Crippen molar-refractivity contribution in [1.29, 1.82) is 0 Å². The van der Waals surface area contributed by atoms with Crippen LogP contribution in [0.25, 0.3) is 0 Å². The molecule has 1 aliphatic rings. The molecule has 0 amide bonds. The number of hydrogen-bond acceptors (Lipinski definition) is 2. The molecule has 0 radical (unpaired) electrons. The third-order valence-electron chi connectivity index (χ3n) is 3.02. The van der Waals surface area contributed by atoms with Gasteiger partial charge in [0.15, 0.2) is 0 Å². The first-order valence-electron chi connectivity index (χ1n) is 6.45. The summed E-state index contributed by atoms with van der Waals surface area (Å²) < 4.78 is 0. The third-order valence-corrected chi connectivity index (χ3v) is 4.42. The molecule has 1 rings (SSSR count). The van der Waals surface area contributed by atoms with Crippen LogP contribution in [0.15, 0.2) is 0 Å². The van der Waals surface area contributed by atoms with Crippen LogP contribution in [-0.4, -0.2) is 35.0 Å². The van der Waals surface area contributed by atoms with E-state index in [9.17, 15) is 0 Å². The van der Waals surface area contributed by atoms with Crippen molar-refractivity contribution in [3.63, 3.8) is 0 Å². The average Bonchev–Trinajstić information content (AvgIpc) is 2.16. The fraction of sp³-hybridized carbons (Fsp3) is 1.00. The first-order chi connectivity index (χ1) is 7.08. The number of nitrogens with zero attached hydrogens (tertiary/aromatic N) is 1. The molecule has 0 spiro atoms. The van der Waals surface area contributed by atoms with Crippen molar-refractivity contribution in [2.24, 2.45) is 5.92 Å². The van der Waals surface area contributed by atoms with E-state index in [2.05, 4.69) is 44.4 Å². The maximum atomic E-state index is 2.65. The second-order valence-corrected chi connectivity index (χ2v) is 7.29. The number of hydrogen-bond donors (Lipinski definition) is 0. The van der Waals surface area contributed by atoms with Gasteiger partial charge >= 0.3 is 0 Å². The summed E-state index contributed by atoms with van der Waals surface area (Å²) in [5.41, 5.74) is 0. The normalized spacial score (nSPS) is 20.4. The summed E-state index contributed by atoms with van der Waals surface area (Å²) in [6.07, 6.45) is 4.17. The van der Waals surface area contributed by atoms with Crippen LogP contribution in [0.5, 0.6) is 0 Å². The van der Waals surface area contributed by atoms with E-state index >= 15 is 0 Å². The summed E-state index contributed by atoms with van der Waals surface area (Å²) in [7, 11) is 0.